The van der Waals surface area contributed by atoms with Gasteiger partial charge < -0.3 is 4.74 Å². The second kappa shape index (κ2) is 10.7. The highest BCUT2D eigenvalue weighted by atomic mass is 32.2. The van der Waals surface area contributed by atoms with E-state index in [0.717, 1.165) is 22.5 Å². The summed E-state index contributed by atoms with van der Waals surface area (Å²) in [4.78, 5) is 20.8. The monoisotopic (exact) mass is 456 g/mol. The van der Waals surface area contributed by atoms with E-state index >= 15 is 0 Å². The van der Waals surface area contributed by atoms with Crippen molar-refractivity contribution in [2.24, 2.45) is 5.10 Å². The van der Waals surface area contributed by atoms with Crippen LogP contribution in [0.2, 0.25) is 0 Å². The van der Waals surface area contributed by atoms with E-state index in [9.17, 15) is 4.79 Å². The summed E-state index contributed by atoms with van der Waals surface area (Å²) >= 11 is 1.28. The smallest absolute Gasteiger partial charge is 0.250 e. The van der Waals surface area contributed by atoms with Gasteiger partial charge in [-0.2, -0.15) is 5.10 Å². The topological polar surface area (TPSA) is 76.5 Å². The maximum atomic E-state index is 12.2. The number of nitrogens with one attached hydrogen (secondary N) is 1. The van der Waals surface area contributed by atoms with Gasteiger partial charge in [0.25, 0.3) is 5.91 Å². The second-order valence-electron chi connectivity index (χ2n) is 7.48. The molecule has 166 valence electrons. The molecule has 0 saturated heterocycles. The van der Waals surface area contributed by atoms with Crippen LogP contribution in [-0.4, -0.2) is 27.8 Å². The summed E-state index contributed by atoms with van der Waals surface area (Å²) in [6, 6.07) is 23.9. The maximum Gasteiger partial charge on any atom is 0.250 e. The molecule has 0 saturated carbocycles. The van der Waals surface area contributed by atoms with Crippen molar-refractivity contribution in [1.29, 1.82) is 0 Å². The standard InChI is InChI=1S/C26H24N4O2S/c1-18-14-19(2)29-26(28-18)33-17-25(31)30-27-15-21-9-4-6-13-24(21)32-16-22-11-7-10-20-8-3-5-12-23(20)22/h3-15H,16-17H2,1-2H3,(H,30,31)/b27-15+. The van der Waals surface area contributed by atoms with Crippen molar-refractivity contribution in [2.75, 3.05) is 5.75 Å². The summed E-state index contributed by atoms with van der Waals surface area (Å²) in [5.41, 5.74) is 6.20. The Bertz CT molecular complexity index is 1280. The number of hydrogen-bond donors (Lipinski definition) is 1. The van der Waals surface area contributed by atoms with Crippen LogP contribution in [-0.2, 0) is 11.4 Å². The first kappa shape index (κ1) is 22.5. The Labute approximate surface area is 197 Å². The van der Waals surface area contributed by atoms with E-state index in [0.29, 0.717) is 17.5 Å². The number of nitrogens with zero attached hydrogens (tertiary/aromatic N) is 3. The lowest BCUT2D eigenvalue weighted by Crippen LogP contribution is -2.20. The van der Waals surface area contributed by atoms with Crippen LogP contribution < -0.4 is 10.2 Å². The number of thioether (sulfide) groups is 1. The van der Waals surface area contributed by atoms with Gasteiger partial charge in [-0.1, -0.05) is 66.4 Å². The molecule has 1 aromatic heterocycles. The van der Waals surface area contributed by atoms with E-state index in [1.807, 2.05) is 62.4 Å². The van der Waals surface area contributed by atoms with E-state index in [1.54, 1.807) is 6.21 Å². The van der Waals surface area contributed by atoms with Gasteiger partial charge in [0.1, 0.15) is 12.4 Å². The van der Waals surface area contributed by atoms with Crippen LogP contribution >= 0.6 is 11.8 Å². The minimum atomic E-state index is -0.229. The van der Waals surface area contributed by atoms with E-state index in [2.05, 4.69) is 44.8 Å². The number of benzene rings is 3. The third kappa shape index (κ3) is 6.17. The molecule has 3 aromatic carbocycles. The molecule has 1 N–H and O–H groups in total. The van der Waals surface area contributed by atoms with Crippen LogP contribution in [0, 0.1) is 13.8 Å². The molecule has 4 aromatic rings. The van der Waals surface area contributed by atoms with Gasteiger partial charge in [0.05, 0.1) is 12.0 Å². The minimum absolute atomic E-state index is 0.180. The highest BCUT2D eigenvalue weighted by Gasteiger charge is 2.07. The van der Waals surface area contributed by atoms with Gasteiger partial charge in [-0.05, 0) is 48.4 Å². The molecule has 0 bridgehead atoms. The molecular weight excluding hydrogens is 432 g/mol. The van der Waals surface area contributed by atoms with Gasteiger partial charge in [0.2, 0.25) is 0 Å². The fraction of sp³-hybridized carbons (Fsp3) is 0.154. The molecule has 0 fully saturated rings. The lowest BCUT2D eigenvalue weighted by Gasteiger charge is -2.11. The minimum Gasteiger partial charge on any atom is -0.488 e. The fourth-order valence-electron chi connectivity index (χ4n) is 3.39. The molecule has 1 heterocycles. The fourth-order valence-corrected chi connectivity index (χ4v) is 4.13. The molecule has 1 amide bonds. The van der Waals surface area contributed by atoms with Crippen molar-refractivity contribution < 1.29 is 9.53 Å². The molecule has 0 aliphatic carbocycles. The van der Waals surface area contributed by atoms with Gasteiger partial charge >= 0.3 is 0 Å². The molecule has 6 nitrogen and oxygen atoms in total. The maximum absolute atomic E-state index is 12.2. The highest BCUT2D eigenvalue weighted by molar-refractivity contribution is 7.99. The number of hydrogen-bond acceptors (Lipinski definition) is 6. The SMILES string of the molecule is Cc1cc(C)nc(SCC(=O)N/N=C/c2ccccc2OCc2cccc3ccccc23)n1. The number of aryl methyl sites for hydroxylation is 2. The zero-order valence-corrected chi connectivity index (χ0v) is 19.3. The van der Waals surface area contributed by atoms with Gasteiger partial charge in [0.15, 0.2) is 5.16 Å². The highest BCUT2D eigenvalue weighted by Crippen LogP contribution is 2.22. The third-order valence-corrected chi connectivity index (χ3v) is 5.72. The van der Waals surface area contributed by atoms with E-state index in [4.69, 9.17) is 4.74 Å². The van der Waals surface area contributed by atoms with Gasteiger partial charge in [-0.15, -0.1) is 0 Å². The number of ether oxygens (including phenoxy) is 1. The summed E-state index contributed by atoms with van der Waals surface area (Å²) in [5.74, 6) is 0.647. The zero-order valence-electron chi connectivity index (χ0n) is 18.5. The number of fused-ring (bicyclic) bond motifs is 1. The number of carbonyl (C=O) groups excluding carboxylic acids is 1. The van der Waals surface area contributed by atoms with Crippen molar-refractivity contribution in [3.8, 4) is 5.75 Å². The Balaban J connectivity index is 1.35. The Morgan fingerprint density at radius 3 is 2.58 bits per heavy atom. The van der Waals surface area contributed by atoms with Gasteiger partial charge in [-0.3, -0.25) is 4.79 Å². The lowest BCUT2D eigenvalue weighted by molar-refractivity contribution is -0.118. The van der Waals surface area contributed by atoms with E-state index < -0.39 is 0 Å². The number of rotatable bonds is 8. The summed E-state index contributed by atoms with van der Waals surface area (Å²) in [6.45, 7) is 4.25. The van der Waals surface area contributed by atoms with Crippen molar-refractivity contribution >= 4 is 34.7 Å². The summed E-state index contributed by atoms with van der Waals surface area (Å²) < 4.78 is 6.09. The predicted molar refractivity (Wildman–Crippen MR) is 133 cm³/mol. The second-order valence-corrected chi connectivity index (χ2v) is 8.42. The molecule has 0 unspecified atom stereocenters. The summed E-state index contributed by atoms with van der Waals surface area (Å²) in [7, 11) is 0. The van der Waals surface area contributed by atoms with Crippen LogP contribution in [0.15, 0.2) is 83.1 Å². The Morgan fingerprint density at radius 1 is 1.00 bits per heavy atom. The van der Waals surface area contributed by atoms with Crippen LogP contribution in [0.3, 0.4) is 0 Å². The normalized spacial score (nSPS) is 11.1. The molecule has 0 radical (unpaired) electrons. The Morgan fingerprint density at radius 2 is 1.73 bits per heavy atom. The van der Waals surface area contributed by atoms with Crippen molar-refractivity contribution in [1.82, 2.24) is 15.4 Å². The molecule has 0 aliphatic rings. The number of aromatic nitrogens is 2. The van der Waals surface area contributed by atoms with Crippen LogP contribution in [0.4, 0.5) is 0 Å². The molecule has 33 heavy (non-hydrogen) atoms. The summed E-state index contributed by atoms with van der Waals surface area (Å²) in [6.07, 6.45) is 1.59. The number of amides is 1. The van der Waals surface area contributed by atoms with Crippen molar-refractivity contribution in [3.05, 3.63) is 95.3 Å². The van der Waals surface area contributed by atoms with Crippen LogP contribution in [0.5, 0.6) is 5.75 Å². The van der Waals surface area contributed by atoms with Crippen LogP contribution in [0.1, 0.15) is 22.5 Å². The van der Waals surface area contributed by atoms with Gasteiger partial charge in [-0.25, -0.2) is 15.4 Å². The molecule has 7 heteroatoms. The van der Waals surface area contributed by atoms with Crippen LogP contribution in [0.25, 0.3) is 10.8 Å². The van der Waals surface area contributed by atoms with E-state index in [1.165, 1.54) is 22.5 Å². The first-order valence-electron chi connectivity index (χ1n) is 10.5. The average molecular weight is 457 g/mol. The van der Waals surface area contributed by atoms with E-state index in [-0.39, 0.29) is 11.7 Å². The average Bonchev–Trinajstić information content (AvgIpc) is 2.81. The van der Waals surface area contributed by atoms with Crippen molar-refractivity contribution in [3.63, 3.8) is 0 Å². The molecule has 0 aliphatic heterocycles. The number of carbonyl (C=O) groups is 1. The molecule has 0 atom stereocenters. The molecule has 0 spiro atoms. The summed E-state index contributed by atoms with van der Waals surface area (Å²) in [5, 5.41) is 7.03. The van der Waals surface area contributed by atoms with Crippen molar-refractivity contribution in [2.45, 2.75) is 25.6 Å². The quantitative estimate of drug-likeness (QED) is 0.173. The Kier molecular flexibility index (Phi) is 7.32. The first-order valence-corrected chi connectivity index (χ1v) is 11.5. The van der Waals surface area contributed by atoms with Gasteiger partial charge in [0, 0.05) is 17.0 Å². The Hall–Kier alpha value is -3.71. The largest absolute Gasteiger partial charge is 0.488 e. The third-order valence-electron chi connectivity index (χ3n) is 4.87. The molecular formula is C26H24N4O2S. The molecule has 4 rings (SSSR count). The zero-order chi connectivity index (χ0) is 23.0. The first-order chi connectivity index (χ1) is 16.1. The number of hydrazone groups is 1. The predicted octanol–water partition coefficient (Wildman–Crippen LogP) is 5.07. The lowest BCUT2D eigenvalue weighted by atomic mass is 10.1. The number of para-hydroxylation sites is 1.